The van der Waals surface area contributed by atoms with E-state index in [4.69, 9.17) is 0 Å². The average molecular weight is 194 g/mol. The summed E-state index contributed by atoms with van der Waals surface area (Å²) in [6.07, 6.45) is 7.05. The molecule has 0 radical (unpaired) electrons. The molecule has 14 heavy (non-hydrogen) atoms. The minimum absolute atomic E-state index is 0.00264. The van der Waals surface area contributed by atoms with Gasteiger partial charge in [0.1, 0.15) is 0 Å². The van der Waals surface area contributed by atoms with E-state index >= 15 is 0 Å². The van der Waals surface area contributed by atoms with Gasteiger partial charge in [-0.25, -0.2) is 19.6 Å². The topological polar surface area (TPSA) is 58.9 Å². The Morgan fingerprint density at radius 3 is 2.71 bits per heavy atom. The fourth-order valence-corrected chi connectivity index (χ4v) is 2.02. The molecule has 1 aliphatic rings. The fraction of sp³-hybridized carbons (Fsp3) is 0.800. The fourth-order valence-electron chi connectivity index (χ4n) is 2.02. The Morgan fingerprint density at radius 2 is 2.07 bits per heavy atom. The third-order valence-corrected chi connectivity index (χ3v) is 2.86. The number of isocyanates is 2. The van der Waals surface area contributed by atoms with Crippen LogP contribution in [-0.4, -0.2) is 24.2 Å². The van der Waals surface area contributed by atoms with Gasteiger partial charge in [0.25, 0.3) is 0 Å². The van der Waals surface area contributed by atoms with Gasteiger partial charge in [-0.2, -0.15) is 0 Å². The molecule has 0 aromatic rings. The molecule has 0 aliphatic heterocycles. The summed E-state index contributed by atoms with van der Waals surface area (Å²) in [4.78, 5) is 27.6. The number of rotatable bonds is 3. The first-order valence-electron chi connectivity index (χ1n) is 4.92. The van der Waals surface area contributed by atoms with Crippen LogP contribution in [0.2, 0.25) is 0 Å². The van der Waals surface area contributed by atoms with Crippen molar-refractivity contribution in [2.75, 3.05) is 0 Å². The molecule has 4 nitrogen and oxygen atoms in total. The summed E-state index contributed by atoms with van der Waals surface area (Å²) in [5, 5.41) is 0. The summed E-state index contributed by atoms with van der Waals surface area (Å²) in [6, 6.07) is 0.0766. The maximum atomic E-state index is 10.1. The first kappa shape index (κ1) is 10.8. The standard InChI is InChI=1S/C10H14N2O2/c1-8(11-6-13)9-3-2-4-10(5-9)12-7-14/h8-10H,2-5H2,1H3. The van der Waals surface area contributed by atoms with Gasteiger partial charge in [-0.3, -0.25) is 0 Å². The third-order valence-electron chi connectivity index (χ3n) is 2.86. The first-order chi connectivity index (χ1) is 6.77. The summed E-state index contributed by atoms with van der Waals surface area (Å²) < 4.78 is 0. The smallest absolute Gasteiger partial charge is 0.211 e. The lowest BCUT2D eigenvalue weighted by atomic mass is 9.82. The maximum Gasteiger partial charge on any atom is 0.235 e. The van der Waals surface area contributed by atoms with E-state index in [1.54, 1.807) is 12.2 Å². The highest BCUT2D eigenvalue weighted by molar-refractivity contribution is 5.34. The molecule has 0 spiro atoms. The molecule has 0 heterocycles. The molecule has 0 aromatic carbocycles. The van der Waals surface area contributed by atoms with Crippen LogP contribution in [0.15, 0.2) is 9.98 Å². The van der Waals surface area contributed by atoms with Crippen molar-refractivity contribution in [3.05, 3.63) is 0 Å². The molecule has 4 heteroatoms. The van der Waals surface area contributed by atoms with E-state index in [0.717, 1.165) is 25.7 Å². The van der Waals surface area contributed by atoms with Crippen LogP contribution in [0.1, 0.15) is 32.6 Å². The van der Waals surface area contributed by atoms with Crippen molar-refractivity contribution >= 4 is 12.2 Å². The van der Waals surface area contributed by atoms with Gasteiger partial charge in [0.05, 0.1) is 12.1 Å². The number of aliphatic imine (C=N–C) groups is 2. The zero-order valence-corrected chi connectivity index (χ0v) is 8.27. The molecule has 1 rings (SSSR count). The van der Waals surface area contributed by atoms with Crippen LogP contribution < -0.4 is 0 Å². The second kappa shape index (κ2) is 5.48. The predicted octanol–water partition coefficient (Wildman–Crippen LogP) is 1.61. The summed E-state index contributed by atoms with van der Waals surface area (Å²) in [5.74, 6) is 0.354. The van der Waals surface area contributed by atoms with Gasteiger partial charge in [0, 0.05) is 0 Å². The Kier molecular flexibility index (Phi) is 4.24. The summed E-state index contributed by atoms with van der Waals surface area (Å²) in [7, 11) is 0. The first-order valence-corrected chi connectivity index (χ1v) is 4.92. The molecule has 3 atom stereocenters. The van der Waals surface area contributed by atoms with Crippen LogP contribution in [0.25, 0.3) is 0 Å². The van der Waals surface area contributed by atoms with E-state index in [2.05, 4.69) is 9.98 Å². The number of hydrogen-bond acceptors (Lipinski definition) is 4. The van der Waals surface area contributed by atoms with E-state index in [1.807, 2.05) is 6.92 Å². The summed E-state index contributed by atoms with van der Waals surface area (Å²) in [5.41, 5.74) is 0. The Hall–Kier alpha value is -1.24. The van der Waals surface area contributed by atoms with Gasteiger partial charge >= 0.3 is 0 Å². The second-order valence-electron chi connectivity index (χ2n) is 3.76. The molecular formula is C10H14N2O2. The van der Waals surface area contributed by atoms with Crippen molar-refractivity contribution < 1.29 is 9.59 Å². The van der Waals surface area contributed by atoms with Gasteiger partial charge < -0.3 is 0 Å². The van der Waals surface area contributed by atoms with Gasteiger partial charge in [-0.15, -0.1) is 0 Å². The van der Waals surface area contributed by atoms with Crippen molar-refractivity contribution in [2.45, 2.75) is 44.7 Å². The highest BCUT2D eigenvalue weighted by Gasteiger charge is 2.25. The predicted molar refractivity (Wildman–Crippen MR) is 51.5 cm³/mol. The molecule has 0 saturated heterocycles. The van der Waals surface area contributed by atoms with Gasteiger partial charge in [0.2, 0.25) is 12.2 Å². The molecule has 76 valence electrons. The zero-order valence-electron chi connectivity index (χ0n) is 8.27. The van der Waals surface area contributed by atoms with Crippen molar-refractivity contribution in [1.82, 2.24) is 0 Å². The molecule has 3 unspecified atom stereocenters. The van der Waals surface area contributed by atoms with Gasteiger partial charge in [-0.05, 0) is 32.1 Å². The number of nitrogens with zero attached hydrogens (tertiary/aromatic N) is 2. The maximum absolute atomic E-state index is 10.1. The Bertz CT molecular complexity index is 262. The van der Waals surface area contributed by atoms with Crippen LogP contribution in [0.5, 0.6) is 0 Å². The number of carbonyl (C=O) groups excluding carboxylic acids is 2. The van der Waals surface area contributed by atoms with E-state index < -0.39 is 0 Å². The second-order valence-corrected chi connectivity index (χ2v) is 3.76. The van der Waals surface area contributed by atoms with Crippen molar-refractivity contribution in [2.24, 2.45) is 15.9 Å². The quantitative estimate of drug-likeness (QED) is 0.506. The number of hydrogen-bond donors (Lipinski definition) is 0. The molecule has 0 N–H and O–H groups in total. The van der Waals surface area contributed by atoms with Crippen molar-refractivity contribution in [1.29, 1.82) is 0 Å². The highest BCUT2D eigenvalue weighted by Crippen LogP contribution is 2.29. The van der Waals surface area contributed by atoms with Crippen LogP contribution in [0, 0.1) is 5.92 Å². The van der Waals surface area contributed by atoms with E-state index in [1.165, 1.54) is 0 Å². The summed E-state index contributed by atoms with van der Waals surface area (Å²) >= 11 is 0. The zero-order chi connectivity index (χ0) is 10.4. The molecule has 1 saturated carbocycles. The molecular weight excluding hydrogens is 180 g/mol. The normalized spacial score (nSPS) is 28.4. The van der Waals surface area contributed by atoms with Gasteiger partial charge in [-0.1, -0.05) is 6.42 Å². The molecule has 0 bridgehead atoms. The Balaban J connectivity index is 2.54. The summed E-state index contributed by atoms with van der Waals surface area (Å²) in [6.45, 7) is 1.91. The average Bonchev–Trinajstić information content (AvgIpc) is 2.19. The Morgan fingerprint density at radius 1 is 1.29 bits per heavy atom. The van der Waals surface area contributed by atoms with E-state index in [0.29, 0.717) is 5.92 Å². The SMILES string of the molecule is CC(N=C=O)C1CCCC(N=C=O)C1. The lowest BCUT2D eigenvalue weighted by molar-refractivity contribution is 0.289. The van der Waals surface area contributed by atoms with Crippen LogP contribution in [0.3, 0.4) is 0 Å². The highest BCUT2D eigenvalue weighted by atomic mass is 16.1. The van der Waals surface area contributed by atoms with Crippen LogP contribution in [0.4, 0.5) is 0 Å². The lowest BCUT2D eigenvalue weighted by Crippen LogP contribution is -2.25. The lowest BCUT2D eigenvalue weighted by Gasteiger charge is -2.27. The van der Waals surface area contributed by atoms with E-state index in [-0.39, 0.29) is 12.1 Å². The van der Waals surface area contributed by atoms with E-state index in [9.17, 15) is 9.59 Å². The minimum atomic E-state index is -0.00264. The van der Waals surface area contributed by atoms with Crippen molar-refractivity contribution in [3.63, 3.8) is 0 Å². The molecule has 1 fully saturated rings. The van der Waals surface area contributed by atoms with Crippen LogP contribution >= 0.6 is 0 Å². The minimum Gasteiger partial charge on any atom is -0.211 e. The Labute approximate surface area is 83.1 Å². The van der Waals surface area contributed by atoms with Gasteiger partial charge in [0.15, 0.2) is 0 Å². The largest absolute Gasteiger partial charge is 0.235 e. The molecule has 0 aromatic heterocycles. The van der Waals surface area contributed by atoms with Crippen molar-refractivity contribution in [3.8, 4) is 0 Å². The monoisotopic (exact) mass is 194 g/mol. The molecule has 1 aliphatic carbocycles. The molecule has 0 amide bonds. The third kappa shape index (κ3) is 2.91. The van der Waals surface area contributed by atoms with Crippen LogP contribution in [-0.2, 0) is 9.59 Å².